The number of aliphatic hydroxyl groups is 1. The van der Waals surface area contributed by atoms with Crippen LogP contribution in [0.4, 0.5) is 0 Å². The highest BCUT2D eigenvalue weighted by atomic mass is 16.5. The zero-order chi connectivity index (χ0) is 15.1. The first kappa shape index (κ1) is 15.6. The molecule has 1 heterocycles. The molecule has 1 aliphatic rings. The Morgan fingerprint density at radius 3 is 2.81 bits per heavy atom. The van der Waals surface area contributed by atoms with Gasteiger partial charge in [0.1, 0.15) is 0 Å². The SMILES string of the molecule is COc1ccc(CO)cc1OCC(=O)NC1CCOCC1. The molecule has 0 aromatic heterocycles. The van der Waals surface area contributed by atoms with E-state index in [2.05, 4.69) is 5.32 Å². The topological polar surface area (TPSA) is 77.0 Å². The summed E-state index contributed by atoms with van der Waals surface area (Å²) in [6.07, 6.45) is 1.66. The molecule has 1 fully saturated rings. The molecule has 0 saturated carbocycles. The third-order valence-electron chi connectivity index (χ3n) is 3.36. The van der Waals surface area contributed by atoms with Crippen molar-refractivity contribution in [2.45, 2.75) is 25.5 Å². The minimum atomic E-state index is -0.168. The quantitative estimate of drug-likeness (QED) is 0.814. The summed E-state index contributed by atoms with van der Waals surface area (Å²) in [6, 6.07) is 5.27. The van der Waals surface area contributed by atoms with Crippen LogP contribution in [0.25, 0.3) is 0 Å². The van der Waals surface area contributed by atoms with Crippen LogP contribution in [-0.4, -0.2) is 44.0 Å². The van der Waals surface area contributed by atoms with Crippen LogP contribution in [0.1, 0.15) is 18.4 Å². The van der Waals surface area contributed by atoms with Crippen LogP contribution in [0.2, 0.25) is 0 Å². The van der Waals surface area contributed by atoms with Crippen LogP contribution in [0.15, 0.2) is 18.2 Å². The Balaban J connectivity index is 1.87. The van der Waals surface area contributed by atoms with Crippen LogP contribution in [-0.2, 0) is 16.1 Å². The number of hydrogen-bond donors (Lipinski definition) is 2. The third kappa shape index (κ3) is 4.61. The Bertz CT molecular complexity index is 471. The summed E-state index contributed by atoms with van der Waals surface area (Å²) in [7, 11) is 1.53. The van der Waals surface area contributed by atoms with Crippen molar-refractivity contribution >= 4 is 5.91 Å². The summed E-state index contributed by atoms with van der Waals surface area (Å²) in [5.41, 5.74) is 0.704. The largest absolute Gasteiger partial charge is 0.493 e. The van der Waals surface area contributed by atoms with Crippen LogP contribution < -0.4 is 14.8 Å². The molecule has 0 aliphatic carbocycles. The van der Waals surface area contributed by atoms with Gasteiger partial charge in [-0.1, -0.05) is 6.07 Å². The number of hydrogen-bond acceptors (Lipinski definition) is 5. The summed E-state index contributed by atoms with van der Waals surface area (Å²) in [5.74, 6) is 0.815. The van der Waals surface area contributed by atoms with Gasteiger partial charge in [-0.15, -0.1) is 0 Å². The molecule has 0 atom stereocenters. The molecule has 2 rings (SSSR count). The normalized spacial score (nSPS) is 15.5. The van der Waals surface area contributed by atoms with Crippen molar-refractivity contribution in [3.63, 3.8) is 0 Å². The molecule has 0 bridgehead atoms. The first-order chi connectivity index (χ1) is 10.2. The molecule has 21 heavy (non-hydrogen) atoms. The lowest BCUT2D eigenvalue weighted by Crippen LogP contribution is -2.41. The molecule has 1 amide bonds. The minimum absolute atomic E-state index is 0.0808. The monoisotopic (exact) mass is 295 g/mol. The number of nitrogens with one attached hydrogen (secondary N) is 1. The van der Waals surface area contributed by atoms with E-state index in [4.69, 9.17) is 19.3 Å². The number of methoxy groups -OCH3 is 1. The number of benzene rings is 1. The second-order valence-corrected chi connectivity index (χ2v) is 4.89. The summed E-state index contributed by atoms with van der Waals surface area (Å²) >= 11 is 0. The Morgan fingerprint density at radius 1 is 1.38 bits per heavy atom. The fourth-order valence-corrected chi connectivity index (χ4v) is 2.19. The van der Waals surface area contributed by atoms with Gasteiger partial charge in [0.15, 0.2) is 18.1 Å². The fourth-order valence-electron chi connectivity index (χ4n) is 2.19. The standard InChI is InChI=1S/C15H21NO5/c1-19-13-3-2-11(9-17)8-14(13)21-10-15(18)16-12-4-6-20-7-5-12/h2-3,8,12,17H,4-7,9-10H2,1H3,(H,16,18). The van der Waals surface area contributed by atoms with Gasteiger partial charge in [0.05, 0.1) is 13.7 Å². The molecule has 2 N–H and O–H groups in total. The van der Waals surface area contributed by atoms with Gasteiger partial charge in [-0.25, -0.2) is 0 Å². The van der Waals surface area contributed by atoms with Gasteiger partial charge in [0.25, 0.3) is 5.91 Å². The van der Waals surface area contributed by atoms with Gasteiger partial charge < -0.3 is 24.6 Å². The third-order valence-corrected chi connectivity index (χ3v) is 3.36. The molecule has 6 heteroatoms. The second-order valence-electron chi connectivity index (χ2n) is 4.89. The molecule has 0 unspecified atom stereocenters. The highest BCUT2D eigenvalue weighted by Gasteiger charge is 2.16. The molecule has 1 aromatic rings. The predicted molar refractivity (Wildman–Crippen MR) is 76.4 cm³/mol. The van der Waals surface area contributed by atoms with E-state index in [0.717, 1.165) is 12.8 Å². The van der Waals surface area contributed by atoms with Gasteiger partial charge >= 0.3 is 0 Å². The first-order valence-corrected chi connectivity index (χ1v) is 7.00. The number of ether oxygens (including phenoxy) is 3. The van der Waals surface area contributed by atoms with Gasteiger partial charge in [-0.05, 0) is 30.5 Å². The summed E-state index contributed by atoms with van der Waals surface area (Å²) in [4.78, 5) is 11.9. The van der Waals surface area contributed by atoms with E-state index in [0.29, 0.717) is 30.3 Å². The van der Waals surface area contributed by atoms with Crippen molar-refractivity contribution in [3.8, 4) is 11.5 Å². The molecule has 1 aliphatic heterocycles. The summed E-state index contributed by atoms with van der Waals surface area (Å²) in [5, 5.41) is 12.1. The van der Waals surface area contributed by atoms with Crippen molar-refractivity contribution in [3.05, 3.63) is 23.8 Å². The lowest BCUT2D eigenvalue weighted by Gasteiger charge is -2.23. The number of aliphatic hydroxyl groups excluding tert-OH is 1. The minimum Gasteiger partial charge on any atom is -0.493 e. The van der Waals surface area contributed by atoms with E-state index in [-0.39, 0.29) is 25.2 Å². The van der Waals surface area contributed by atoms with Crippen LogP contribution in [0.3, 0.4) is 0 Å². The second kappa shape index (κ2) is 7.85. The molecular weight excluding hydrogens is 274 g/mol. The summed E-state index contributed by atoms with van der Waals surface area (Å²) < 4.78 is 15.9. The average Bonchev–Trinajstić information content (AvgIpc) is 2.53. The lowest BCUT2D eigenvalue weighted by molar-refractivity contribution is -0.124. The van der Waals surface area contributed by atoms with Gasteiger partial charge in [-0.2, -0.15) is 0 Å². The number of amides is 1. The zero-order valence-corrected chi connectivity index (χ0v) is 12.1. The Hall–Kier alpha value is -1.79. The average molecular weight is 295 g/mol. The van der Waals surface area contributed by atoms with Crippen molar-refractivity contribution in [1.82, 2.24) is 5.32 Å². The fraction of sp³-hybridized carbons (Fsp3) is 0.533. The van der Waals surface area contributed by atoms with Crippen LogP contribution in [0, 0.1) is 0 Å². The van der Waals surface area contributed by atoms with Crippen LogP contribution >= 0.6 is 0 Å². The van der Waals surface area contributed by atoms with Crippen molar-refractivity contribution in [1.29, 1.82) is 0 Å². The number of rotatable bonds is 6. The van der Waals surface area contributed by atoms with E-state index in [1.807, 2.05) is 0 Å². The van der Waals surface area contributed by atoms with Crippen molar-refractivity contribution < 1.29 is 24.1 Å². The van der Waals surface area contributed by atoms with Crippen molar-refractivity contribution in [2.75, 3.05) is 26.9 Å². The van der Waals surface area contributed by atoms with E-state index >= 15 is 0 Å². The predicted octanol–water partition coefficient (Wildman–Crippen LogP) is 0.861. The van der Waals surface area contributed by atoms with E-state index in [1.165, 1.54) is 7.11 Å². The highest BCUT2D eigenvalue weighted by Crippen LogP contribution is 2.28. The number of carbonyl (C=O) groups is 1. The molecule has 1 aromatic carbocycles. The van der Waals surface area contributed by atoms with Crippen molar-refractivity contribution in [2.24, 2.45) is 0 Å². The Labute approximate surface area is 124 Å². The van der Waals surface area contributed by atoms with Gasteiger partial charge in [0.2, 0.25) is 0 Å². The highest BCUT2D eigenvalue weighted by molar-refractivity contribution is 5.78. The van der Waals surface area contributed by atoms with Gasteiger partial charge in [0, 0.05) is 19.3 Å². The van der Waals surface area contributed by atoms with E-state index < -0.39 is 0 Å². The Kier molecular flexibility index (Phi) is 5.83. The van der Waals surface area contributed by atoms with E-state index in [1.54, 1.807) is 18.2 Å². The first-order valence-electron chi connectivity index (χ1n) is 7.00. The van der Waals surface area contributed by atoms with Gasteiger partial charge in [-0.3, -0.25) is 4.79 Å². The molecule has 0 radical (unpaired) electrons. The molecule has 116 valence electrons. The molecule has 0 spiro atoms. The molecular formula is C15H21NO5. The maximum Gasteiger partial charge on any atom is 0.258 e. The maximum atomic E-state index is 11.9. The molecule has 1 saturated heterocycles. The van der Waals surface area contributed by atoms with Crippen LogP contribution in [0.5, 0.6) is 11.5 Å². The Morgan fingerprint density at radius 2 is 2.14 bits per heavy atom. The smallest absolute Gasteiger partial charge is 0.258 e. The summed E-state index contributed by atoms with van der Waals surface area (Å²) in [6.45, 7) is 1.19. The molecule has 6 nitrogen and oxygen atoms in total. The number of carbonyl (C=O) groups excluding carboxylic acids is 1. The maximum absolute atomic E-state index is 11.9. The lowest BCUT2D eigenvalue weighted by atomic mass is 10.1. The zero-order valence-electron chi connectivity index (χ0n) is 12.1. The van der Waals surface area contributed by atoms with E-state index in [9.17, 15) is 4.79 Å².